The van der Waals surface area contributed by atoms with E-state index in [9.17, 15) is 0 Å². The first-order valence-electron chi connectivity index (χ1n) is 3.58. The Bertz CT molecular complexity index is 237. The molecule has 4 nitrogen and oxygen atoms in total. The summed E-state index contributed by atoms with van der Waals surface area (Å²) in [5.41, 5.74) is 4.58. The van der Waals surface area contributed by atoms with E-state index in [4.69, 9.17) is 10.0 Å². The van der Waals surface area contributed by atoms with Crippen LogP contribution in [0.4, 0.5) is 0 Å². The predicted octanol–water partition coefficient (Wildman–Crippen LogP) is -1.01. The van der Waals surface area contributed by atoms with Crippen LogP contribution in [-0.2, 0) is 0 Å². The van der Waals surface area contributed by atoms with Crippen molar-refractivity contribution in [3.8, 4) is 0 Å². The molecular formula is C6H9BN2O2. The minimum atomic E-state index is -1.31. The van der Waals surface area contributed by atoms with Crippen molar-refractivity contribution in [1.82, 2.24) is 10.4 Å². The molecule has 0 aromatic rings. The van der Waals surface area contributed by atoms with Gasteiger partial charge in [0.25, 0.3) is 0 Å². The van der Waals surface area contributed by atoms with Crippen molar-refractivity contribution in [1.29, 1.82) is 0 Å². The minimum Gasteiger partial charge on any atom is -0.423 e. The highest BCUT2D eigenvalue weighted by Gasteiger charge is 2.29. The average Bonchev–Trinajstić information content (AvgIpc) is 2.41. The average molecular weight is 152 g/mol. The summed E-state index contributed by atoms with van der Waals surface area (Å²) in [5.74, 6) is 0. The molecule has 0 spiro atoms. The van der Waals surface area contributed by atoms with Gasteiger partial charge >= 0.3 is 7.12 Å². The standard InChI is InChI=1S/C6H9BN2O2/c10-7(11)5-2-4-9-6(5)1-3-8-9/h1,3,8,10-11H,2,4H2. The summed E-state index contributed by atoms with van der Waals surface area (Å²) in [7, 11) is -1.31. The van der Waals surface area contributed by atoms with Gasteiger partial charge in [-0.25, -0.2) is 0 Å². The molecule has 0 saturated carbocycles. The van der Waals surface area contributed by atoms with Crippen LogP contribution < -0.4 is 5.43 Å². The quantitative estimate of drug-likeness (QED) is 0.421. The Morgan fingerprint density at radius 2 is 2.36 bits per heavy atom. The number of rotatable bonds is 1. The molecule has 0 amide bonds. The number of hydrogen-bond acceptors (Lipinski definition) is 4. The van der Waals surface area contributed by atoms with Gasteiger partial charge in [0.2, 0.25) is 0 Å². The van der Waals surface area contributed by atoms with E-state index in [1.54, 1.807) is 6.20 Å². The van der Waals surface area contributed by atoms with Crippen molar-refractivity contribution in [3.63, 3.8) is 0 Å². The molecule has 0 fully saturated rings. The van der Waals surface area contributed by atoms with Crippen molar-refractivity contribution in [3.05, 3.63) is 23.4 Å². The summed E-state index contributed by atoms with van der Waals surface area (Å²) in [6.45, 7) is 0.815. The van der Waals surface area contributed by atoms with Crippen LogP contribution in [-0.4, -0.2) is 28.7 Å². The largest absolute Gasteiger partial charge is 0.486 e. The van der Waals surface area contributed by atoms with Gasteiger partial charge in [-0.2, -0.15) is 0 Å². The second-order valence-electron chi connectivity index (χ2n) is 2.65. The molecular weight excluding hydrogens is 143 g/mol. The predicted molar refractivity (Wildman–Crippen MR) is 40.8 cm³/mol. The maximum absolute atomic E-state index is 8.91. The zero-order chi connectivity index (χ0) is 7.84. The van der Waals surface area contributed by atoms with Crippen molar-refractivity contribution >= 4 is 7.12 Å². The van der Waals surface area contributed by atoms with Gasteiger partial charge in [-0.05, 0) is 18.0 Å². The van der Waals surface area contributed by atoms with Crippen molar-refractivity contribution in [2.75, 3.05) is 6.54 Å². The van der Waals surface area contributed by atoms with Gasteiger partial charge < -0.3 is 15.5 Å². The molecule has 0 atom stereocenters. The molecule has 0 aromatic carbocycles. The van der Waals surface area contributed by atoms with Crippen LogP contribution in [0.5, 0.6) is 0 Å². The van der Waals surface area contributed by atoms with E-state index in [0.717, 1.165) is 18.7 Å². The Morgan fingerprint density at radius 1 is 1.55 bits per heavy atom. The van der Waals surface area contributed by atoms with Crippen molar-refractivity contribution in [2.24, 2.45) is 0 Å². The normalized spacial score (nSPS) is 20.7. The molecule has 2 heterocycles. The van der Waals surface area contributed by atoms with Crippen LogP contribution in [0.1, 0.15) is 6.42 Å². The third-order valence-electron chi connectivity index (χ3n) is 2.01. The first-order chi connectivity index (χ1) is 5.29. The lowest BCUT2D eigenvalue weighted by molar-refractivity contribution is 0.342. The number of nitrogens with one attached hydrogen (secondary N) is 1. The Labute approximate surface area is 64.9 Å². The summed E-state index contributed by atoms with van der Waals surface area (Å²) in [4.78, 5) is 0. The third-order valence-corrected chi connectivity index (χ3v) is 2.01. The Balaban J connectivity index is 2.30. The lowest BCUT2D eigenvalue weighted by atomic mass is 9.77. The van der Waals surface area contributed by atoms with E-state index in [2.05, 4.69) is 5.43 Å². The minimum absolute atomic E-state index is 0.700. The van der Waals surface area contributed by atoms with Gasteiger partial charge in [0.05, 0.1) is 5.70 Å². The molecule has 5 heteroatoms. The molecule has 3 N–H and O–H groups in total. The number of hydrogen-bond donors (Lipinski definition) is 3. The van der Waals surface area contributed by atoms with E-state index in [-0.39, 0.29) is 0 Å². The van der Waals surface area contributed by atoms with Crippen LogP contribution in [0, 0.1) is 0 Å². The highest BCUT2D eigenvalue weighted by molar-refractivity contribution is 6.51. The zero-order valence-corrected chi connectivity index (χ0v) is 5.99. The van der Waals surface area contributed by atoms with Gasteiger partial charge in [0.15, 0.2) is 0 Å². The molecule has 11 heavy (non-hydrogen) atoms. The van der Waals surface area contributed by atoms with Crippen LogP contribution in [0.2, 0.25) is 0 Å². The third kappa shape index (κ3) is 0.929. The fourth-order valence-corrected chi connectivity index (χ4v) is 1.45. The molecule has 2 rings (SSSR count). The molecule has 0 unspecified atom stereocenters. The second-order valence-corrected chi connectivity index (χ2v) is 2.65. The summed E-state index contributed by atoms with van der Waals surface area (Å²) >= 11 is 0. The SMILES string of the molecule is OB(O)C1=C2C=CNN2CC1. The van der Waals surface area contributed by atoms with E-state index < -0.39 is 7.12 Å². The number of nitrogens with zero attached hydrogens (tertiary/aromatic N) is 1. The van der Waals surface area contributed by atoms with E-state index in [1.807, 2.05) is 11.1 Å². The molecule has 0 aliphatic carbocycles. The molecule has 0 radical (unpaired) electrons. The summed E-state index contributed by atoms with van der Waals surface area (Å²) < 4.78 is 0. The van der Waals surface area contributed by atoms with E-state index in [1.165, 1.54) is 0 Å². The van der Waals surface area contributed by atoms with Crippen LogP contribution in [0.15, 0.2) is 23.4 Å². The maximum atomic E-state index is 8.91. The number of fused-ring (bicyclic) bond motifs is 1. The smallest absolute Gasteiger partial charge is 0.423 e. The zero-order valence-electron chi connectivity index (χ0n) is 5.99. The summed E-state index contributed by atoms with van der Waals surface area (Å²) in [6, 6.07) is 0. The maximum Gasteiger partial charge on any atom is 0.486 e. The van der Waals surface area contributed by atoms with E-state index in [0.29, 0.717) is 5.47 Å². The molecule has 2 aliphatic heterocycles. The van der Waals surface area contributed by atoms with Gasteiger partial charge in [-0.15, -0.1) is 0 Å². The monoisotopic (exact) mass is 152 g/mol. The second kappa shape index (κ2) is 2.28. The molecule has 0 aromatic heterocycles. The van der Waals surface area contributed by atoms with Gasteiger partial charge in [-0.1, -0.05) is 0 Å². The lowest BCUT2D eigenvalue weighted by Crippen LogP contribution is -2.25. The lowest BCUT2D eigenvalue weighted by Gasteiger charge is -2.13. The van der Waals surface area contributed by atoms with Crippen molar-refractivity contribution in [2.45, 2.75) is 6.42 Å². The Morgan fingerprint density at radius 3 is 3.09 bits per heavy atom. The molecule has 58 valence electrons. The fourth-order valence-electron chi connectivity index (χ4n) is 1.45. The molecule has 0 saturated heterocycles. The molecule has 0 bridgehead atoms. The fraction of sp³-hybridized carbons (Fsp3) is 0.333. The van der Waals surface area contributed by atoms with Gasteiger partial charge in [0.1, 0.15) is 0 Å². The van der Waals surface area contributed by atoms with Crippen LogP contribution >= 0.6 is 0 Å². The number of hydrazine groups is 1. The van der Waals surface area contributed by atoms with Crippen LogP contribution in [0.3, 0.4) is 0 Å². The Hall–Kier alpha value is -0.935. The highest BCUT2D eigenvalue weighted by Crippen LogP contribution is 2.25. The molecule has 2 aliphatic rings. The first kappa shape index (κ1) is 6.76. The Kier molecular flexibility index (Phi) is 1.40. The summed E-state index contributed by atoms with van der Waals surface area (Å²) in [5, 5.41) is 19.7. The highest BCUT2D eigenvalue weighted by atomic mass is 16.4. The van der Waals surface area contributed by atoms with Crippen molar-refractivity contribution < 1.29 is 10.0 Å². The van der Waals surface area contributed by atoms with Gasteiger partial charge in [-0.3, -0.25) is 5.01 Å². The summed E-state index contributed by atoms with van der Waals surface area (Å²) in [6.07, 6.45) is 4.36. The number of allylic oxidation sites excluding steroid dienone is 1. The topological polar surface area (TPSA) is 55.7 Å². The van der Waals surface area contributed by atoms with Crippen LogP contribution in [0.25, 0.3) is 0 Å². The first-order valence-corrected chi connectivity index (χ1v) is 3.58. The van der Waals surface area contributed by atoms with Gasteiger partial charge in [0, 0.05) is 12.7 Å². The van der Waals surface area contributed by atoms with E-state index >= 15 is 0 Å².